The van der Waals surface area contributed by atoms with Crippen LogP contribution in [0.1, 0.15) is 33.5 Å². The number of hydrogen-bond donors (Lipinski definition) is 0. The van der Waals surface area contributed by atoms with E-state index in [9.17, 15) is 9.59 Å². The Balaban J connectivity index is 1.63. The molecule has 2 aromatic carbocycles. The molecule has 0 aliphatic carbocycles. The Morgan fingerprint density at radius 2 is 2.00 bits per heavy atom. The van der Waals surface area contributed by atoms with E-state index in [-0.39, 0.29) is 5.91 Å². The third kappa shape index (κ3) is 2.48. The van der Waals surface area contributed by atoms with Gasteiger partial charge in [-0.25, -0.2) is 4.79 Å². The fourth-order valence-electron chi connectivity index (χ4n) is 3.57. The predicted octanol–water partition coefficient (Wildman–Crippen LogP) is 3.06. The topological polar surface area (TPSA) is 46.6 Å². The Bertz CT molecular complexity index is 827. The Morgan fingerprint density at radius 3 is 2.88 bits per heavy atom. The summed E-state index contributed by atoms with van der Waals surface area (Å²) in [6.07, 6.45) is 1.61. The smallest absolute Gasteiger partial charge is 0.339 e. The van der Waals surface area contributed by atoms with Crippen LogP contribution in [0.25, 0.3) is 0 Å². The number of nitrogens with zero attached hydrogens (tertiary/aromatic N) is 1. The number of rotatable bonds is 1. The Hall–Kier alpha value is -2.62. The van der Waals surface area contributed by atoms with E-state index in [0.29, 0.717) is 18.5 Å². The maximum absolute atomic E-state index is 13.0. The first-order valence-electron chi connectivity index (χ1n) is 8.33. The van der Waals surface area contributed by atoms with E-state index >= 15 is 0 Å². The lowest BCUT2D eigenvalue weighted by atomic mass is 9.95. The summed E-state index contributed by atoms with van der Waals surface area (Å²) in [5, 5.41) is 0. The molecule has 4 heteroatoms. The molecular formula is C20H19NO3. The number of cyclic esters (lactones) is 1. The molecule has 1 atom stereocenters. The third-order valence-corrected chi connectivity index (χ3v) is 4.79. The summed E-state index contributed by atoms with van der Waals surface area (Å²) < 4.78 is 5.47. The van der Waals surface area contributed by atoms with E-state index in [1.165, 1.54) is 5.56 Å². The fraction of sp³-hybridized carbons (Fsp3) is 0.300. The number of hydrogen-bond acceptors (Lipinski definition) is 3. The number of esters is 1. The molecule has 0 saturated heterocycles. The lowest BCUT2D eigenvalue weighted by molar-refractivity contribution is -0.127. The second-order valence-corrected chi connectivity index (χ2v) is 6.48. The zero-order chi connectivity index (χ0) is 16.7. The molecule has 0 unspecified atom stereocenters. The monoisotopic (exact) mass is 321 g/mol. The molecule has 0 saturated carbocycles. The highest BCUT2D eigenvalue weighted by Gasteiger charge is 2.35. The summed E-state index contributed by atoms with van der Waals surface area (Å²) in [5.41, 5.74) is 4.61. The number of anilines is 1. The van der Waals surface area contributed by atoms with E-state index in [2.05, 4.69) is 6.07 Å². The van der Waals surface area contributed by atoms with Gasteiger partial charge in [0.2, 0.25) is 0 Å². The van der Waals surface area contributed by atoms with Gasteiger partial charge in [0.05, 0.1) is 5.56 Å². The summed E-state index contributed by atoms with van der Waals surface area (Å²) >= 11 is 0. The summed E-state index contributed by atoms with van der Waals surface area (Å²) in [5.74, 6) is -0.523. The molecule has 0 spiro atoms. The first kappa shape index (κ1) is 14.9. The van der Waals surface area contributed by atoms with Crippen LogP contribution in [0.5, 0.6) is 0 Å². The van der Waals surface area contributed by atoms with Gasteiger partial charge in [-0.15, -0.1) is 0 Å². The van der Waals surface area contributed by atoms with Gasteiger partial charge in [-0.3, -0.25) is 4.79 Å². The molecule has 122 valence electrons. The minimum atomic E-state index is -0.737. The molecule has 2 aliphatic rings. The molecule has 0 aromatic heterocycles. The molecule has 2 aromatic rings. The van der Waals surface area contributed by atoms with Crippen LogP contribution < -0.4 is 4.90 Å². The predicted molar refractivity (Wildman–Crippen MR) is 91.2 cm³/mol. The van der Waals surface area contributed by atoms with Crippen molar-refractivity contribution in [3.8, 4) is 0 Å². The number of ether oxygens (including phenoxy) is 1. The van der Waals surface area contributed by atoms with Gasteiger partial charge in [0.25, 0.3) is 5.91 Å². The SMILES string of the molecule is Cc1ccc2c(c1)C(=O)O[C@@H](C(=O)N1CCCc3ccccc31)C2. The number of carbonyl (C=O) groups is 2. The van der Waals surface area contributed by atoms with Crippen molar-refractivity contribution < 1.29 is 14.3 Å². The molecule has 0 radical (unpaired) electrons. The molecular weight excluding hydrogens is 302 g/mol. The number of carbonyl (C=O) groups excluding carboxylic acids is 2. The van der Waals surface area contributed by atoms with Crippen molar-refractivity contribution in [2.45, 2.75) is 32.3 Å². The highest BCUT2D eigenvalue weighted by Crippen LogP contribution is 2.29. The van der Waals surface area contributed by atoms with Crippen molar-refractivity contribution in [3.63, 3.8) is 0 Å². The van der Waals surface area contributed by atoms with Crippen molar-refractivity contribution in [3.05, 3.63) is 64.7 Å². The minimum Gasteiger partial charge on any atom is -0.448 e. The van der Waals surface area contributed by atoms with Crippen LogP contribution in [-0.2, 0) is 22.4 Å². The fourth-order valence-corrected chi connectivity index (χ4v) is 3.57. The van der Waals surface area contributed by atoms with E-state index in [1.807, 2.05) is 43.3 Å². The van der Waals surface area contributed by atoms with Crippen LogP contribution in [-0.4, -0.2) is 24.5 Å². The average Bonchev–Trinajstić information content (AvgIpc) is 2.61. The molecule has 0 N–H and O–H groups in total. The van der Waals surface area contributed by atoms with Crippen LogP contribution >= 0.6 is 0 Å². The molecule has 4 rings (SSSR count). The Labute approximate surface area is 141 Å². The van der Waals surface area contributed by atoms with Gasteiger partial charge in [-0.2, -0.15) is 0 Å². The van der Waals surface area contributed by atoms with Crippen molar-refractivity contribution in [1.29, 1.82) is 0 Å². The lowest BCUT2D eigenvalue weighted by Gasteiger charge is -2.33. The maximum Gasteiger partial charge on any atom is 0.339 e. The van der Waals surface area contributed by atoms with Crippen molar-refractivity contribution in [1.82, 2.24) is 0 Å². The maximum atomic E-state index is 13.0. The van der Waals surface area contributed by atoms with Gasteiger partial charge in [-0.1, -0.05) is 35.9 Å². The molecule has 24 heavy (non-hydrogen) atoms. The van der Waals surface area contributed by atoms with Gasteiger partial charge in [0.15, 0.2) is 6.10 Å². The molecule has 0 bridgehead atoms. The third-order valence-electron chi connectivity index (χ3n) is 4.79. The van der Waals surface area contributed by atoms with Crippen LogP contribution in [0.3, 0.4) is 0 Å². The molecule has 2 aliphatic heterocycles. The zero-order valence-corrected chi connectivity index (χ0v) is 13.6. The summed E-state index contributed by atoms with van der Waals surface area (Å²) in [6.45, 7) is 2.61. The van der Waals surface area contributed by atoms with Gasteiger partial charge in [0.1, 0.15) is 0 Å². The lowest BCUT2D eigenvalue weighted by Crippen LogP contribution is -2.46. The number of fused-ring (bicyclic) bond motifs is 2. The van der Waals surface area contributed by atoms with E-state index < -0.39 is 12.1 Å². The summed E-state index contributed by atoms with van der Waals surface area (Å²) in [4.78, 5) is 27.0. The number of amides is 1. The summed E-state index contributed by atoms with van der Waals surface area (Å²) in [7, 11) is 0. The zero-order valence-electron chi connectivity index (χ0n) is 13.6. The second-order valence-electron chi connectivity index (χ2n) is 6.48. The molecule has 4 nitrogen and oxygen atoms in total. The van der Waals surface area contributed by atoms with Crippen molar-refractivity contribution in [2.75, 3.05) is 11.4 Å². The average molecular weight is 321 g/mol. The van der Waals surface area contributed by atoms with Crippen molar-refractivity contribution >= 4 is 17.6 Å². The number of aryl methyl sites for hydroxylation is 2. The normalized spacial score (nSPS) is 19.3. The minimum absolute atomic E-state index is 0.123. The number of benzene rings is 2. The van der Waals surface area contributed by atoms with Crippen LogP contribution in [0.4, 0.5) is 5.69 Å². The first-order valence-corrected chi connectivity index (χ1v) is 8.33. The highest BCUT2D eigenvalue weighted by atomic mass is 16.5. The van der Waals surface area contributed by atoms with Crippen LogP contribution in [0.2, 0.25) is 0 Å². The van der Waals surface area contributed by atoms with Crippen molar-refractivity contribution in [2.24, 2.45) is 0 Å². The largest absolute Gasteiger partial charge is 0.448 e. The second kappa shape index (κ2) is 5.78. The van der Waals surface area contributed by atoms with Gasteiger partial charge >= 0.3 is 5.97 Å². The van der Waals surface area contributed by atoms with E-state index in [0.717, 1.165) is 29.7 Å². The Kier molecular flexibility index (Phi) is 3.60. The van der Waals surface area contributed by atoms with E-state index in [4.69, 9.17) is 4.74 Å². The number of para-hydroxylation sites is 1. The van der Waals surface area contributed by atoms with Crippen LogP contribution in [0, 0.1) is 6.92 Å². The highest BCUT2D eigenvalue weighted by molar-refractivity contribution is 6.02. The summed E-state index contributed by atoms with van der Waals surface area (Å²) in [6, 6.07) is 13.7. The Morgan fingerprint density at radius 1 is 1.17 bits per heavy atom. The van der Waals surface area contributed by atoms with Crippen LogP contribution in [0.15, 0.2) is 42.5 Å². The molecule has 0 fully saturated rings. The quantitative estimate of drug-likeness (QED) is 0.759. The first-order chi connectivity index (χ1) is 11.6. The van der Waals surface area contributed by atoms with E-state index in [1.54, 1.807) is 4.90 Å². The molecule has 1 amide bonds. The van der Waals surface area contributed by atoms with Gasteiger partial charge in [-0.05, 0) is 43.0 Å². The van der Waals surface area contributed by atoms with Gasteiger partial charge in [0, 0.05) is 18.7 Å². The standard InChI is InChI=1S/C20H19NO3/c1-13-8-9-15-12-18(24-20(23)16(15)11-13)19(22)21-10-4-6-14-5-2-3-7-17(14)21/h2-3,5,7-9,11,18H,4,6,10,12H2,1H3/t18-/m1/s1. The van der Waals surface area contributed by atoms with Gasteiger partial charge < -0.3 is 9.64 Å². The molecule has 2 heterocycles.